The fraction of sp³-hybridized carbons (Fsp3) is 0.739. The van der Waals surface area contributed by atoms with Gasteiger partial charge in [-0.3, -0.25) is 4.90 Å². The van der Waals surface area contributed by atoms with Gasteiger partial charge in [-0.15, -0.1) is 0 Å². The van der Waals surface area contributed by atoms with Gasteiger partial charge in [-0.2, -0.15) is 0 Å². The Balaban J connectivity index is 0.00000225. The predicted octanol–water partition coefficient (Wildman–Crippen LogP) is -4.91. The summed E-state index contributed by atoms with van der Waals surface area (Å²) in [5.74, 6) is 1.85. The zero-order valence-electron chi connectivity index (χ0n) is 18.5. The van der Waals surface area contributed by atoms with E-state index in [1.165, 1.54) is 22.6 Å². The summed E-state index contributed by atoms with van der Waals surface area (Å²) >= 11 is 0. The zero-order valence-corrected chi connectivity index (χ0v) is 20.1. The molecule has 0 amide bonds. The Bertz CT molecular complexity index is 615. The van der Waals surface area contributed by atoms with E-state index in [1.54, 1.807) is 12.1 Å². The van der Waals surface area contributed by atoms with Gasteiger partial charge in [0.25, 0.3) is 0 Å². The number of ether oxygens (including phenoxy) is 1. The molecule has 2 fully saturated rings. The van der Waals surface area contributed by atoms with Crippen molar-refractivity contribution in [2.24, 2.45) is 17.8 Å². The standard InChI is InChI=1S/C23H37FN2O2.2ClH/c1-17(2)20-9-8-18(3)14-23(20)28-16-19(27)15-25-10-12-26(13-11-25)22-7-5-4-6-21(22)24;;/h4-7,17-20,23,27H,8-16H2,1-3H3;2*1H. The van der Waals surface area contributed by atoms with Crippen LogP contribution in [0.4, 0.5) is 10.1 Å². The van der Waals surface area contributed by atoms with Crippen LogP contribution in [-0.2, 0) is 4.74 Å². The average molecular weight is 465 g/mol. The number of rotatable bonds is 7. The predicted molar refractivity (Wildman–Crippen MR) is 109 cm³/mol. The summed E-state index contributed by atoms with van der Waals surface area (Å²) in [6.45, 7) is 11.8. The van der Waals surface area contributed by atoms with Gasteiger partial charge in [-0.05, 0) is 36.7 Å². The molecule has 4 atom stereocenters. The maximum absolute atomic E-state index is 14.0. The minimum atomic E-state index is -0.421. The van der Waals surface area contributed by atoms with Crippen LogP contribution in [0.25, 0.3) is 0 Å². The van der Waals surface area contributed by atoms with Gasteiger partial charge in [0.05, 0.1) is 12.7 Å². The minimum Gasteiger partial charge on any atom is -1.00 e. The largest absolute Gasteiger partial charge is 1.00 e. The SMILES string of the molecule is CC1CCC(C(C)C)C(OCC(O)C[NH+]2CC[NH+](c3ccccc3F)CC2)C1.[Cl-].[Cl-]. The number of hydrogen-bond acceptors (Lipinski definition) is 2. The first kappa shape index (κ1) is 27.6. The molecule has 1 aliphatic heterocycles. The van der Waals surface area contributed by atoms with Gasteiger partial charge in [0.1, 0.15) is 38.8 Å². The summed E-state index contributed by atoms with van der Waals surface area (Å²) in [6.07, 6.45) is 3.52. The molecule has 4 unspecified atom stereocenters. The van der Waals surface area contributed by atoms with Crippen molar-refractivity contribution in [3.63, 3.8) is 0 Å². The van der Waals surface area contributed by atoms with E-state index in [9.17, 15) is 9.50 Å². The molecule has 1 saturated carbocycles. The Morgan fingerprint density at radius 1 is 1.10 bits per heavy atom. The van der Waals surface area contributed by atoms with Gasteiger partial charge in [0.2, 0.25) is 0 Å². The molecule has 3 N–H and O–H groups in total. The first-order chi connectivity index (χ1) is 13.4. The molecule has 1 aromatic carbocycles. The first-order valence-electron chi connectivity index (χ1n) is 11.2. The molecule has 3 rings (SSSR count). The maximum atomic E-state index is 14.0. The minimum absolute atomic E-state index is 0. The Morgan fingerprint density at radius 2 is 1.77 bits per heavy atom. The Kier molecular flexibility index (Phi) is 12.1. The molecule has 1 heterocycles. The summed E-state index contributed by atoms with van der Waals surface area (Å²) in [4.78, 5) is 2.61. The quantitative estimate of drug-likeness (QED) is 0.378. The number of nitrogens with one attached hydrogen (secondary N) is 2. The molecular weight excluding hydrogens is 426 g/mol. The molecular formula is C23H39Cl2FN2O2. The summed E-state index contributed by atoms with van der Waals surface area (Å²) in [5.41, 5.74) is 0.775. The monoisotopic (exact) mass is 464 g/mol. The fourth-order valence-corrected chi connectivity index (χ4v) is 5.06. The molecule has 4 nitrogen and oxygen atoms in total. The van der Waals surface area contributed by atoms with E-state index in [1.807, 2.05) is 12.1 Å². The second-order valence-electron chi connectivity index (χ2n) is 9.39. The van der Waals surface area contributed by atoms with Crippen molar-refractivity contribution >= 4 is 5.69 Å². The van der Waals surface area contributed by atoms with Gasteiger partial charge >= 0.3 is 0 Å². The topological polar surface area (TPSA) is 38.3 Å². The van der Waals surface area contributed by atoms with E-state index in [2.05, 4.69) is 20.8 Å². The van der Waals surface area contributed by atoms with E-state index < -0.39 is 6.10 Å². The summed E-state index contributed by atoms with van der Waals surface area (Å²) in [5, 5.41) is 10.5. The summed E-state index contributed by atoms with van der Waals surface area (Å²) < 4.78 is 20.2. The lowest BCUT2D eigenvalue weighted by atomic mass is 9.75. The molecule has 0 bridgehead atoms. The number of aliphatic hydroxyl groups excluding tert-OH is 1. The van der Waals surface area contributed by atoms with Crippen molar-refractivity contribution in [1.29, 1.82) is 0 Å². The molecule has 0 aromatic heterocycles. The number of para-hydroxylation sites is 1. The van der Waals surface area contributed by atoms with Crippen LogP contribution in [0.2, 0.25) is 0 Å². The van der Waals surface area contributed by atoms with E-state index in [0.717, 1.165) is 50.7 Å². The molecule has 2 aliphatic rings. The second-order valence-corrected chi connectivity index (χ2v) is 9.39. The number of halogens is 3. The molecule has 0 radical (unpaired) electrons. The van der Waals surface area contributed by atoms with E-state index >= 15 is 0 Å². The van der Waals surface area contributed by atoms with Crippen LogP contribution in [0.15, 0.2) is 24.3 Å². The van der Waals surface area contributed by atoms with Crippen molar-refractivity contribution < 1.29 is 48.8 Å². The fourth-order valence-electron chi connectivity index (χ4n) is 5.06. The average Bonchev–Trinajstić information content (AvgIpc) is 2.67. The van der Waals surface area contributed by atoms with E-state index in [-0.39, 0.29) is 36.7 Å². The highest BCUT2D eigenvalue weighted by atomic mass is 35.5. The van der Waals surface area contributed by atoms with Gasteiger partial charge in [0, 0.05) is 6.07 Å². The van der Waals surface area contributed by atoms with Crippen LogP contribution in [-0.4, -0.2) is 56.6 Å². The Hall–Kier alpha value is -0.430. The third kappa shape index (κ3) is 7.61. The maximum Gasteiger partial charge on any atom is 0.183 e. The molecule has 1 aliphatic carbocycles. The van der Waals surface area contributed by atoms with Crippen molar-refractivity contribution in [2.45, 2.75) is 52.2 Å². The lowest BCUT2D eigenvalue weighted by Gasteiger charge is -2.37. The highest BCUT2D eigenvalue weighted by Gasteiger charge is 2.33. The van der Waals surface area contributed by atoms with Crippen molar-refractivity contribution in [2.75, 3.05) is 39.3 Å². The van der Waals surface area contributed by atoms with Gasteiger partial charge < -0.3 is 39.6 Å². The van der Waals surface area contributed by atoms with Crippen LogP contribution in [0.3, 0.4) is 0 Å². The smallest absolute Gasteiger partial charge is 0.183 e. The number of hydrogen-bond donors (Lipinski definition) is 3. The van der Waals surface area contributed by atoms with Crippen molar-refractivity contribution in [3.8, 4) is 0 Å². The van der Waals surface area contributed by atoms with Crippen LogP contribution < -0.4 is 34.6 Å². The lowest BCUT2D eigenvalue weighted by Crippen LogP contribution is -3.26. The zero-order chi connectivity index (χ0) is 20.1. The number of piperazine rings is 1. The molecule has 174 valence electrons. The first-order valence-corrected chi connectivity index (χ1v) is 11.2. The Morgan fingerprint density at radius 3 is 2.40 bits per heavy atom. The number of quaternary nitrogens is 2. The second kappa shape index (κ2) is 13.2. The van der Waals surface area contributed by atoms with Crippen LogP contribution in [0, 0.1) is 23.6 Å². The number of aliphatic hydroxyl groups is 1. The highest BCUT2D eigenvalue weighted by Crippen LogP contribution is 2.35. The lowest BCUT2D eigenvalue weighted by molar-refractivity contribution is -0.988. The van der Waals surface area contributed by atoms with Crippen LogP contribution in [0.1, 0.15) is 40.0 Å². The molecule has 7 heteroatoms. The van der Waals surface area contributed by atoms with Gasteiger partial charge in [-0.1, -0.05) is 39.3 Å². The molecule has 30 heavy (non-hydrogen) atoms. The molecule has 1 aromatic rings. The highest BCUT2D eigenvalue weighted by molar-refractivity contribution is 5.30. The summed E-state index contributed by atoms with van der Waals surface area (Å²) in [7, 11) is 0. The van der Waals surface area contributed by atoms with Gasteiger partial charge in [0.15, 0.2) is 11.5 Å². The third-order valence-corrected chi connectivity index (χ3v) is 6.80. The van der Waals surface area contributed by atoms with Gasteiger partial charge in [-0.25, -0.2) is 4.39 Å². The molecule has 0 spiro atoms. The van der Waals surface area contributed by atoms with Crippen LogP contribution >= 0.6 is 0 Å². The van der Waals surface area contributed by atoms with Crippen molar-refractivity contribution in [1.82, 2.24) is 0 Å². The Labute approximate surface area is 194 Å². The van der Waals surface area contributed by atoms with Crippen molar-refractivity contribution in [3.05, 3.63) is 30.1 Å². The van der Waals surface area contributed by atoms with Crippen LogP contribution in [0.5, 0.6) is 0 Å². The number of benzene rings is 1. The van der Waals surface area contributed by atoms with E-state index in [4.69, 9.17) is 4.74 Å². The van der Waals surface area contributed by atoms with E-state index in [0.29, 0.717) is 18.4 Å². The molecule has 1 saturated heterocycles. The summed E-state index contributed by atoms with van der Waals surface area (Å²) in [6, 6.07) is 7.07. The normalized spacial score (nSPS) is 30.3. The third-order valence-electron chi connectivity index (χ3n) is 6.80.